The predicted octanol–water partition coefficient (Wildman–Crippen LogP) is 4.68. The molecule has 1 heterocycles. The molecule has 3 rings (SSSR count). The molecule has 2 aromatic carbocycles. The normalized spacial score (nSPS) is 10.8. The highest BCUT2D eigenvalue weighted by Gasteiger charge is 2.20. The van der Waals surface area contributed by atoms with E-state index in [9.17, 15) is 9.18 Å². The highest BCUT2D eigenvalue weighted by atomic mass is 19.1. The van der Waals surface area contributed by atoms with Crippen molar-refractivity contribution in [3.8, 4) is 22.8 Å². The highest BCUT2D eigenvalue weighted by Crippen LogP contribution is 2.36. The standard InChI is InChI=1S/C22H24FN3O3/c1-13(2)11-17-21(24-22(27)14-5-8-16(23)9-6-14)20(26-25-17)15-7-10-18(28-3)19(12-15)29-4/h5-10,12-13H,11H2,1-4H3,(H,24,27)(H,25,26). The number of hydrogen-bond donors (Lipinski definition) is 2. The fourth-order valence-electron chi connectivity index (χ4n) is 3.05. The Morgan fingerprint density at radius 3 is 2.41 bits per heavy atom. The zero-order chi connectivity index (χ0) is 21.0. The van der Waals surface area contributed by atoms with Crippen molar-refractivity contribution in [3.63, 3.8) is 0 Å². The van der Waals surface area contributed by atoms with Crippen LogP contribution in [-0.4, -0.2) is 30.3 Å². The number of amides is 1. The monoisotopic (exact) mass is 397 g/mol. The molecule has 6 nitrogen and oxygen atoms in total. The SMILES string of the molecule is COc1ccc(-c2n[nH]c(CC(C)C)c2NC(=O)c2ccc(F)cc2)cc1OC. The van der Waals surface area contributed by atoms with Gasteiger partial charge in [-0.15, -0.1) is 0 Å². The second kappa shape index (κ2) is 8.77. The highest BCUT2D eigenvalue weighted by molar-refractivity contribution is 6.06. The number of methoxy groups -OCH3 is 2. The molecule has 29 heavy (non-hydrogen) atoms. The minimum absolute atomic E-state index is 0.335. The molecule has 0 unspecified atom stereocenters. The topological polar surface area (TPSA) is 76.2 Å². The molecular formula is C22H24FN3O3. The first-order valence-electron chi connectivity index (χ1n) is 9.29. The number of benzene rings is 2. The summed E-state index contributed by atoms with van der Waals surface area (Å²) >= 11 is 0. The van der Waals surface area contributed by atoms with E-state index in [1.54, 1.807) is 20.3 Å². The number of carbonyl (C=O) groups excluding carboxylic acids is 1. The van der Waals surface area contributed by atoms with Crippen LogP contribution in [-0.2, 0) is 6.42 Å². The number of carbonyl (C=O) groups is 1. The minimum Gasteiger partial charge on any atom is -0.493 e. The Morgan fingerprint density at radius 2 is 1.79 bits per heavy atom. The van der Waals surface area contributed by atoms with E-state index in [0.29, 0.717) is 40.8 Å². The van der Waals surface area contributed by atoms with Crippen molar-refractivity contribution in [2.24, 2.45) is 5.92 Å². The molecule has 2 N–H and O–H groups in total. The van der Waals surface area contributed by atoms with Crippen LogP contribution in [0.5, 0.6) is 11.5 Å². The van der Waals surface area contributed by atoms with Crippen LogP contribution in [0.1, 0.15) is 29.9 Å². The van der Waals surface area contributed by atoms with Crippen molar-refractivity contribution in [3.05, 3.63) is 59.5 Å². The number of rotatable bonds is 7. The Balaban J connectivity index is 2.01. The molecule has 1 amide bonds. The van der Waals surface area contributed by atoms with Gasteiger partial charge in [-0.25, -0.2) is 4.39 Å². The van der Waals surface area contributed by atoms with Crippen LogP contribution in [0.25, 0.3) is 11.3 Å². The van der Waals surface area contributed by atoms with Crippen LogP contribution in [0.3, 0.4) is 0 Å². The number of ether oxygens (including phenoxy) is 2. The number of hydrogen-bond acceptors (Lipinski definition) is 4. The molecule has 0 aliphatic carbocycles. The maximum Gasteiger partial charge on any atom is 0.255 e. The summed E-state index contributed by atoms with van der Waals surface area (Å²) in [6, 6.07) is 10.9. The Kier molecular flexibility index (Phi) is 6.16. The van der Waals surface area contributed by atoms with Crippen LogP contribution in [0.4, 0.5) is 10.1 Å². The fourth-order valence-corrected chi connectivity index (χ4v) is 3.05. The number of anilines is 1. The van der Waals surface area contributed by atoms with Gasteiger partial charge in [-0.3, -0.25) is 9.89 Å². The van der Waals surface area contributed by atoms with Gasteiger partial charge in [-0.1, -0.05) is 13.8 Å². The largest absolute Gasteiger partial charge is 0.493 e. The maximum atomic E-state index is 13.2. The quantitative estimate of drug-likeness (QED) is 0.607. The van der Waals surface area contributed by atoms with Crippen molar-refractivity contribution >= 4 is 11.6 Å². The van der Waals surface area contributed by atoms with Crippen molar-refractivity contribution in [2.75, 3.05) is 19.5 Å². The van der Waals surface area contributed by atoms with E-state index in [-0.39, 0.29) is 5.91 Å². The van der Waals surface area contributed by atoms with Gasteiger partial charge in [0.25, 0.3) is 5.91 Å². The second-order valence-corrected chi connectivity index (χ2v) is 7.05. The van der Waals surface area contributed by atoms with Crippen molar-refractivity contribution in [1.82, 2.24) is 10.2 Å². The Hall–Kier alpha value is -3.35. The molecule has 0 aliphatic rings. The van der Waals surface area contributed by atoms with E-state index in [2.05, 4.69) is 29.4 Å². The Labute approximate surface area is 169 Å². The van der Waals surface area contributed by atoms with Crippen LogP contribution in [0.2, 0.25) is 0 Å². The Bertz CT molecular complexity index is 997. The van der Waals surface area contributed by atoms with Crippen LogP contribution in [0.15, 0.2) is 42.5 Å². The number of halogens is 1. The van der Waals surface area contributed by atoms with Crippen LogP contribution >= 0.6 is 0 Å². The molecule has 0 spiro atoms. The number of aromatic nitrogens is 2. The molecule has 3 aromatic rings. The van der Waals surface area contributed by atoms with Gasteiger partial charge in [0.15, 0.2) is 11.5 Å². The zero-order valence-electron chi connectivity index (χ0n) is 16.9. The molecule has 0 fully saturated rings. The molecule has 0 radical (unpaired) electrons. The van der Waals surface area contributed by atoms with Gasteiger partial charge in [-0.2, -0.15) is 5.10 Å². The van der Waals surface area contributed by atoms with Crippen molar-refractivity contribution in [1.29, 1.82) is 0 Å². The molecule has 0 bridgehead atoms. The first-order valence-corrected chi connectivity index (χ1v) is 9.29. The summed E-state index contributed by atoms with van der Waals surface area (Å²) in [6.45, 7) is 4.17. The second-order valence-electron chi connectivity index (χ2n) is 7.05. The first-order chi connectivity index (χ1) is 13.9. The number of nitrogens with one attached hydrogen (secondary N) is 2. The predicted molar refractivity (Wildman–Crippen MR) is 110 cm³/mol. The summed E-state index contributed by atoms with van der Waals surface area (Å²) in [4.78, 5) is 12.7. The lowest BCUT2D eigenvalue weighted by Crippen LogP contribution is -2.14. The molecule has 7 heteroatoms. The maximum absolute atomic E-state index is 13.2. The van der Waals surface area contributed by atoms with Gasteiger partial charge in [0.05, 0.1) is 25.6 Å². The van der Waals surface area contributed by atoms with Gasteiger partial charge >= 0.3 is 0 Å². The molecule has 152 valence electrons. The lowest BCUT2D eigenvalue weighted by molar-refractivity contribution is 0.102. The van der Waals surface area contributed by atoms with E-state index in [4.69, 9.17) is 9.47 Å². The summed E-state index contributed by atoms with van der Waals surface area (Å²) in [5.41, 5.74) is 3.14. The van der Waals surface area contributed by atoms with Gasteiger partial charge in [0, 0.05) is 11.1 Å². The minimum atomic E-state index is -0.392. The molecule has 0 saturated carbocycles. The lowest BCUT2D eigenvalue weighted by atomic mass is 10.0. The third-order valence-electron chi connectivity index (χ3n) is 4.46. The Morgan fingerprint density at radius 1 is 1.10 bits per heavy atom. The molecule has 1 aromatic heterocycles. The van der Waals surface area contributed by atoms with E-state index in [1.807, 2.05) is 12.1 Å². The number of H-pyrrole nitrogens is 1. The summed E-state index contributed by atoms with van der Waals surface area (Å²) in [5, 5.41) is 10.4. The van der Waals surface area contributed by atoms with Crippen LogP contribution < -0.4 is 14.8 Å². The lowest BCUT2D eigenvalue weighted by Gasteiger charge is -2.12. The van der Waals surface area contributed by atoms with Crippen molar-refractivity contribution in [2.45, 2.75) is 20.3 Å². The summed E-state index contributed by atoms with van der Waals surface area (Å²) in [6.07, 6.45) is 0.708. The van der Waals surface area contributed by atoms with Gasteiger partial charge in [0.1, 0.15) is 11.5 Å². The summed E-state index contributed by atoms with van der Waals surface area (Å²) < 4.78 is 23.9. The zero-order valence-corrected chi connectivity index (χ0v) is 16.9. The average molecular weight is 397 g/mol. The fraction of sp³-hybridized carbons (Fsp3) is 0.273. The first kappa shape index (κ1) is 20.4. The van der Waals surface area contributed by atoms with E-state index >= 15 is 0 Å². The average Bonchev–Trinajstić information content (AvgIpc) is 3.09. The summed E-state index contributed by atoms with van der Waals surface area (Å²) in [5.74, 6) is 0.796. The summed E-state index contributed by atoms with van der Waals surface area (Å²) in [7, 11) is 3.13. The van der Waals surface area contributed by atoms with E-state index in [0.717, 1.165) is 11.3 Å². The third kappa shape index (κ3) is 4.56. The van der Waals surface area contributed by atoms with E-state index in [1.165, 1.54) is 24.3 Å². The molecule has 0 saturated heterocycles. The van der Waals surface area contributed by atoms with E-state index < -0.39 is 5.82 Å². The van der Waals surface area contributed by atoms with Gasteiger partial charge in [-0.05, 0) is 54.8 Å². The molecular weight excluding hydrogens is 373 g/mol. The third-order valence-corrected chi connectivity index (χ3v) is 4.46. The molecule has 0 atom stereocenters. The number of nitrogens with zero attached hydrogens (tertiary/aromatic N) is 1. The smallest absolute Gasteiger partial charge is 0.255 e. The van der Waals surface area contributed by atoms with Gasteiger partial charge < -0.3 is 14.8 Å². The molecule has 0 aliphatic heterocycles. The number of aromatic amines is 1. The van der Waals surface area contributed by atoms with Gasteiger partial charge in [0.2, 0.25) is 0 Å². The van der Waals surface area contributed by atoms with Crippen molar-refractivity contribution < 1.29 is 18.7 Å². The van der Waals surface area contributed by atoms with Crippen LogP contribution in [0, 0.1) is 11.7 Å².